The second kappa shape index (κ2) is 8.29. The van der Waals surface area contributed by atoms with Gasteiger partial charge in [0.25, 0.3) is 0 Å². The SMILES string of the molecule is Cc1nc2c(n1C)-c1nc(Br)ncc1CC2.Cc1nc2c(n1C)-c1nc(I)ncc1CC2. The van der Waals surface area contributed by atoms with Crippen molar-refractivity contribution in [2.75, 3.05) is 0 Å². The summed E-state index contributed by atoms with van der Waals surface area (Å²) in [5.74, 6) is 2.08. The normalized spacial score (nSPS) is 13.4. The molecule has 2 aliphatic rings. The summed E-state index contributed by atoms with van der Waals surface area (Å²) in [6.07, 6.45) is 7.79. The Morgan fingerprint density at radius 2 is 1.25 bits per heavy atom. The topological polar surface area (TPSA) is 87.2 Å². The van der Waals surface area contributed by atoms with Crippen LogP contribution in [0.1, 0.15) is 34.2 Å². The van der Waals surface area contributed by atoms with Crippen molar-refractivity contribution in [3.8, 4) is 22.8 Å². The van der Waals surface area contributed by atoms with Crippen molar-refractivity contribution < 1.29 is 0 Å². The van der Waals surface area contributed by atoms with Gasteiger partial charge in [-0.3, -0.25) is 0 Å². The first kappa shape index (κ1) is 21.6. The molecular weight excluding hydrogens is 583 g/mol. The smallest absolute Gasteiger partial charge is 0.197 e. The summed E-state index contributed by atoms with van der Waals surface area (Å²) in [5, 5.41) is 0. The van der Waals surface area contributed by atoms with Crippen LogP contribution in [-0.4, -0.2) is 39.0 Å². The first-order valence-corrected chi connectivity index (χ1v) is 12.3. The Hall–Kier alpha value is -2.21. The largest absolute Gasteiger partial charge is 0.330 e. The monoisotopic (exact) mass is 604 g/mol. The lowest BCUT2D eigenvalue weighted by atomic mass is 9.98. The predicted octanol–water partition coefficient (Wildman–Crippen LogP) is 3.94. The summed E-state index contributed by atoms with van der Waals surface area (Å²) in [6.45, 7) is 4.05. The molecule has 0 saturated carbocycles. The third-order valence-corrected chi connectivity index (χ3v) is 7.06. The molecule has 8 nitrogen and oxygen atoms in total. The summed E-state index contributed by atoms with van der Waals surface area (Å²) in [6, 6.07) is 0. The number of fused-ring (bicyclic) bond motifs is 6. The Morgan fingerprint density at radius 1 is 0.750 bits per heavy atom. The molecule has 0 aromatic carbocycles. The minimum atomic E-state index is 0.637. The molecule has 0 bridgehead atoms. The van der Waals surface area contributed by atoms with Crippen LogP contribution in [-0.2, 0) is 39.8 Å². The molecule has 4 aromatic heterocycles. The molecule has 0 atom stereocenters. The Morgan fingerprint density at radius 3 is 1.81 bits per heavy atom. The minimum absolute atomic E-state index is 0.637. The van der Waals surface area contributed by atoms with Crippen LogP contribution in [0.25, 0.3) is 22.8 Å². The van der Waals surface area contributed by atoms with Crippen molar-refractivity contribution in [1.29, 1.82) is 0 Å². The van der Waals surface area contributed by atoms with Gasteiger partial charge in [0.1, 0.15) is 11.6 Å². The molecule has 0 saturated heterocycles. The van der Waals surface area contributed by atoms with Gasteiger partial charge in [-0.15, -0.1) is 0 Å². The lowest BCUT2D eigenvalue weighted by Crippen LogP contribution is -2.09. The molecule has 0 N–H and O–H groups in total. The predicted molar refractivity (Wildman–Crippen MR) is 133 cm³/mol. The van der Waals surface area contributed by atoms with E-state index in [9.17, 15) is 0 Å². The molecule has 164 valence electrons. The molecular formula is C22H22BrIN8. The fourth-order valence-electron chi connectivity index (χ4n) is 4.35. The van der Waals surface area contributed by atoms with Gasteiger partial charge in [-0.2, -0.15) is 0 Å². The van der Waals surface area contributed by atoms with Crippen LogP contribution >= 0.6 is 38.5 Å². The van der Waals surface area contributed by atoms with Crippen LogP contribution < -0.4 is 0 Å². The van der Waals surface area contributed by atoms with Gasteiger partial charge < -0.3 is 9.13 Å². The molecule has 0 fully saturated rings. The number of halogens is 2. The number of hydrogen-bond donors (Lipinski definition) is 0. The van der Waals surface area contributed by atoms with E-state index < -0.39 is 0 Å². The van der Waals surface area contributed by atoms with Gasteiger partial charge in [0, 0.05) is 49.1 Å². The van der Waals surface area contributed by atoms with Crippen molar-refractivity contribution >= 4 is 38.5 Å². The Bertz CT molecular complexity index is 1250. The van der Waals surface area contributed by atoms with Crippen LogP contribution in [0.15, 0.2) is 17.1 Å². The van der Waals surface area contributed by atoms with Gasteiger partial charge in [-0.05, 0) is 66.6 Å². The zero-order chi connectivity index (χ0) is 22.6. The van der Waals surface area contributed by atoms with E-state index in [4.69, 9.17) is 0 Å². The Labute approximate surface area is 208 Å². The third-order valence-electron chi connectivity index (χ3n) is 6.16. The molecule has 2 aliphatic carbocycles. The van der Waals surface area contributed by atoms with E-state index in [1.54, 1.807) is 0 Å². The van der Waals surface area contributed by atoms with E-state index in [-0.39, 0.29) is 0 Å². The molecule has 0 spiro atoms. The van der Waals surface area contributed by atoms with Crippen LogP contribution in [0.5, 0.6) is 0 Å². The average Bonchev–Trinajstić information content (AvgIpc) is 3.23. The highest BCUT2D eigenvalue weighted by atomic mass is 127. The van der Waals surface area contributed by atoms with E-state index >= 15 is 0 Å². The summed E-state index contributed by atoms with van der Waals surface area (Å²) in [7, 11) is 4.08. The van der Waals surface area contributed by atoms with Gasteiger partial charge in [0.2, 0.25) is 0 Å². The quantitative estimate of drug-likeness (QED) is 0.223. The lowest BCUT2D eigenvalue weighted by molar-refractivity contribution is 0.843. The summed E-state index contributed by atoms with van der Waals surface area (Å²) in [4.78, 5) is 26.6. The van der Waals surface area contributed by atoms with E-state index in [2.05, 4.69) is 77.6 Å². The van der Waals surface area contributed by atoms with E-state index in [0.717, 1.165) is 63.9 Å². The summed E-state index contributed by atoms with van der Waals surface area (Å²) in [5.41, 5.74) is 9.14. The van der Waals surface area contributed by atoms with Crippen molar-refractivity contribution in [3.63, 3.8) is 0 Å². The Kier molecular flexibility index (Phi) is 5.60. The maximum absolute atomic E-state index is 4.58. The molecule has 6 rings (SSSR count). The fraction of sp³-hybridized carbons (Fsp3) is 0.364. The maximum atomic E-state index is 4.58. The second-order valence-electron chi connectivity index (χ2n) is 8.05. The number of hydrogen-bond acceptors (Lipinski definition) is 6. The molecule has 32 heavy (non-hydrogen) atoms. The standard InChI is InChI=1S/C11H11BrN4.C11H11IN4/c2*1-6-14-8-4-3-7-5-13-11(12)15-9(7)10(8)16(6)2/h2*5H,3-4H2,1-2H3. The van der Waals surface area contributed by atoms with Gasteiger partial charge in [0.05, 0.1) is 34.2 Å². The molecule has 4 heterocycles. The fourth-order valence-corrected chi connectivity index (χ4v) is 5.01. The van der Waals surface area contributed by atoms with Crippen molar-refractivity contribution in [2.24, 2.45) is 14.1 Å². The van der Waals surface area contributed by atoms with Crippen molar-refractivity contribution in [2.45, 2.75) is 39.5 Å². The van der Waals surface area contributed by atoms with Gasteiger partial charge in [-0.25, -0.2) is 29.9 Å². The van der Waals surface area contributed by atoms with Crippen LogP contribution in [0, 0.1) is 17.7 Å². The molecule has 0 aliphatic heterocycles. The maximum Gasteiger partial charge on any atom is 0.197 e. The number of rotatable bonds is 0. The summed E-state index contributed by atoms with van der Waals surface area (Å²) >= 11 is 5.47. The van der Waals surface area contributed by atoms with Crippen LogP contribution in [0.3, 0.4) is 0 Å². The van der Waals surface area contributed by atoms with E-state index in [1.807, 2.05) is 40.3 Å². The van der Waals surface area contributed by atoms with Crippen LogP contribution in [0.2, 0.25) is 0 Å². The minimum Gasteiger partial charge on any atom is -0.330 e. The zero-order valence-electron chi connectivity index (χ0n) is 18.3. The third kappa shape index (κ3) is 3.66. The van der Waals surface area contributed by atoms with Gasteiger partial charge >= 0.3 is 0 Å². The lowest BCUT2D eigenvalue weighted by Gasteiger charge is -2.15. The molecule has 4 aromatic rings. The van der Waals surface area contributed by atoms with Gasteiger partial charge in [0.15, 0.2) is 8.56 Å². The Balaban J connectivity index is 0.000000135. The van der Waals surface area contributed by atoms with Crippen molar-refractivity contribution in [3.05, 3.63) is 55.1 Å². The van der Waals surface area contributed by atoms with Crippen molar-refractivity contribution in [1.82, 2.24) is 39.0 Å². The molecule has 0 unspecified atom stereocenters. The van der Waals surface area contributed by atoms with Gasteiger partial charge in [-0.1, -0.05) is 0 Å². The average molecular weight is 605 g/mol. The number of nitrogens with zero attached hydrogens (tertiary/aromatic N) is 8. The highest BCUT2D eigenvalue weighted by Gasteiger charge is 2.24. The highest BCUT2D eigenvalue weighted by Crippen LogP contribution is 2.33. The second-order valence-corrected chi connectivity index (χ2v) is 9.73. The number of aromatic nitrogens is 8. The van der Waals surface area contributed by atoms with E-state index in [1.165, 1.54) is 22.5 Å². The van der Waals surface area contributed by atoms with E-state index in [0.29, 0.717) is 4.73 Å². The first-order chi connectivity index (χ1) is 15.3. The first-order valence-electron chi connectivity index (χ1n) is 10.4. The van der Waals surface area contributed by atoms with Crippen LogP contribution in [0.4, 0.5) is 0 Å². The zero-order valence-corrected chi connectivity index (χ0v) is 22.1. The summed E-state index contributed by atoms with van der Waals surface area (Å²) < 4.78 is 5.66. The molecule has 0 amide bonds. The highest BCUT2D eigenvalue weighted by molar-refractivity contribution is 14.1. The molecule has 0 radical (unpaired) electrons. The number of aryl methyl sites for hydroxylation is 6. The molecule has 10 heteroatoms. The number of imidazole rings is 2.